The minimum Gasteiger partial charge on any atom is -0.481 e. The van der Waals surface area contributed by atoms with Crippen molar-refractivity contribution >= 4 is 11.7 Å². The lowest BCUT2D eigenvalue weighted by atomic mass is 9.86. The number of rotatable bonds is 6. The number of ether oxygens (including phenoxy) is 2. The fourth-order valence-electron chi connectivity index (χ4n) is 6.08. The summed E-state index contributed by atoms with van der Waals surface area (Å²) in [4.78, 5) is 21.1. The summed E-state index contributed by atoms with van der Waals surface area (Å²) in [5.41, 5.74) is -2.89. The summed E-state index contributed by atoms with van der Waals surface area (Å²) in [5.74, 6) is -2.20. The fraction of sp³-hybridized carbons (Fsp3) is 0.265. The summed E-state index contributed by atoms with van der Waals surface area (Å²) in [5, 5.41) is 13.3. The predicted molar refractivity (Wildman–Crippen MR) is 158 cm³/mol. The normalized spacial score (nSPS) is 19.2. The number of fused-ring (bicyclic) bond motifs is 1. The van der Waals surface area contributed by atoms with Crippen LogP contribution >= 0.6 is 0 Å². The maximum Gasteiger partial charge on any atom is 0.416 e. The number of nitrogens with zero attached hydrogens (tertiary/aromatic N) is 2. The molecule has 0 saturated carbocycles. The molecule has 1 aromatic heterocycles. The second-order valence-electron chi connectivity index (χ2n) is 11.6. The number of carboxylic acid groups (broad SMARTS) is 1. The van der Waals surface area contributed by atoms with Gasteiger partial charge in [0.05, 0.1) is 41.9 Å². The van der Waals surface area contributed by atoms with Crippen molar-refractivity contribution in [2.24, 2.45) is 11.1 Å². The Balaban J connectivity index is 1.44. The molecular weight excluding hydrogens is 687 g/mol. The van der Waals surface area contributed by atoms with Crippen LogP contribution < -0.4 is 4.74 Å². The van der Waals surface area contributed by atoms with Gasteiger partial charge in [0.25, 0.3) is 0 Å². The highest BCUT2D eigenvalue weighted by atomic mass is 19.4. The van der Waals surface area contributed by atoms with Crippen molar-refractivity contribution in [2.75, 3.05) is 13.7 Å². The van der Waals surface area contributed by atoms with E-state index in [0.29, 0.717) is 28.8 Å². The average molecular weight is 711 g/mol. The van der Waals surface area contributed by atoms with Crippen molar-refractivity contribution < 1.29 is 63.7 Å². The van der Waals surface area contributed by atoms with E-state index in [1.165, 1.54) is 25.4 Å². The number of carbonyl (C=O) groups is 1. The van der Waals surface area contributed by atoms with Gasteiger partial charge in [0.15, 0.2) is 6.10 Å². The van der Waals surface area contributed by atoms with Crippen LogP contribution in [0.25, 0.3) is 22.3 Å². The maximum absolute atomic E-state index is 14.0. The van der Waals surface area contributed by atoms with Gasteiger partial charge in [0.2, 0.25) is 5.88 Å². The molecule has 3 heterocycles. The Morgan fingerprint density at radius 2 is 1.46 bits per heavy atom. The smallest absolute Gasteiger partial charge is 0.416 e. The summed E-state index contributed by atoms with van der Waals surface area (Å²) in [7, 11) is 1.29. The number of halogens is 9. The lowest BCUT2D eigenvalue weighted by Gasteiger charge is -2.20. The number of hydrogen-bond acceptors (Lipinski definition) is 6. The molecule has 0 amide bonds. The standard InChI is InChI=1S/C34H23F9N2O5/c1-15-7-16(31(46)47)3-5-22(15)18-10-25(30(48-2)44-13-18)23-6-4-19(32(35,36)37)12-24(23)29-27-26(14-49-29)28(50-45-27)17-8-20(33(38,39)40)11-21(9-17)34(41,42)43/h3-13,26,28-29H,14H2,1-2H3,(H,46,47). The Labute approximate surface area is 276 Å². The molecule has 7 nitrogen and oxygen atoms in total. The van der Waals surface area contributed by atoms with Crippen LogP contribution in [0.15, 0.2) is 72.0 Å². The minimum atomic E-state index is -5.13. The number of pyridine rings is 1. The molecular formula is C34H23F9N2O5. The molecule has 0 bridgehead atoms. The number of benzene rings is 3. The first-order valence-electron chi connectivity index (χ1n) is 14.6. The Hall–Kier alpha value is -5.12. The van der Waals surface area contributed by atoms with Gasteiger partial charge in [0.1, 0.15) is 11.8 Å². The molecule has 1 saturated heterocycles. The summed E-state index contributed by atoms with van der Waals surface area (Å²) in [6.45, 7) is 1.31. The lowest BCUT2D eigenvalue weighted by molar-refractivity contribution is -0.143. The summed E-state index contributed by atoms with van der Waals surface area (Å²) < 4.78 is 135. The van der Waals surface area contributed by atoms with E-state index in [1.807, 2.05) is 0 Å². The van der Waals surface area contributed by atoms with E-state index in [9.17, 15) is 49.4 Å². The third kappa shape index (κ3) is 6.46. The molecule has 4 aromatic rings. The average Bonchev–Trinajstić information content (AvgIpc) is 3.65. The topological polar surface area (TPSA) is 90.2 Å². The van der Waals surface area contributed by atoms with Crippen LogP contribution in [-0.2, 0) is 28.1 Å². The number of alkyl halides is 9. The molecule has 3 atom stereocenters. The first-order chi connectivity index (χ1) is 23.4. The number of aryl methyl sites for hydroxylation is 1. The molecule has 262 valence electrons. The van der Waals surface area contributed by atoms with Gasteiger partial charge < -0.3 is 19.4 Å². The number of hydrogen-bond donors (Lipinski definition) is 1. The molecule has 3 unspecified atom stereocenters. The van der Waals surface area contributed by atoms with Crippen LogP contribution in [0.1, 0.15) is 55.9 Å². The Bertz CT molecular complexity index is 1990. The molecule has 2 aliphatic rings. The van der Waals surface area contributed by atoms with E-state index in [1.54, 1.807) is 19.1 Å². The van der Waals surface area contributed by atoms with Crippen LogP contribution in [0.2, 0.25) is 0 Å². The van der Waals surface area contributed by atoms with E-state index < -0.39 is 64.9 Å². The summed E-state index contributed by atoms with van der Waals surface area (Å²) in [6, 6.07) is 9.72. The van der Waals surface area contributed by atoms with Gasteiger partial charge in [-0.3, -0.25) is 0 Å². The number of aromatic carboxylic acids is 1. The molecule has 1 N–H and O–H groups in total. The first kappa shape index (κ1) is 34.7. The SMILES string of the molecule is COc1ncc(-c2ccc(C(=O)O)cc2C)cc1-c1ccc(C(F)(F)F)cc1C1OCC2C1=NOC2c1cc(C(F)(F)F)cc(C(F)(F)F)c1. The molecule has 0 aliphatic carbocycles. The lowest BCUT2D eigenvalue weighted by Crippen LogP contribution is -2.19. The van der Waals surface area contributed by atoms with Crippen LogP contribution in [0, 0.1) is 12.8 Å². The van der Waals surface area contributed by atoms with Gasteiger partial charge in [-0.1, -0.05) is 17.3 Å². The zero-order chi connectivity index (χ0) is 36.3. The second-order valence-corrected chi connectivity index (χ2v) is 11.6. The Kier molecular flexibility index (Phi) is 8.57. The van der Waals surface area contributed by atoms with Crippen molar-refractivity contribution in [3.8, 4) is 28.1 Å². The molecule has 16 heteroatoms. The predicted octanol–water partition coefficient (Wildman–Crippen LogP) is 9.30. The largest absolute Gasteiger partial charge is 0.481 e. The monoisotopic (exact) mass is 710 g/mol. The van der Waals surface area contributed by atoms with Crippen molar-refractivity contribution in [2.45, 2.75) is 37.7 Å². The fourth-order valence-corrected chi connectivity index (χ4v) is 6.08. The summed E-state index contributed by atoms with van der Waals surface area (Å²) in [6.07, 6.45) is -16.5. The van der Waals surface area contributed by atoms with Gasteiger partial charge in [-0.15, -0.1) is 0 Å². The maximum atomic E-state index is 14.0. The van der Waals surface area contributed by atoms with Gasteiger partial charge in [-0.25, -0.2) is 9.78 Å². The zero-order valence-electron chi connectivity index (χ0n) is 25.7. The Morgan fingerprint density at radius 3 is 2.04 bits per heavy atom. The van der Waals surface area contributed by atoms with Crippen molar-refractivity contribution in [1.29, 1.82) is 0 Å². The van der Waals surface area contributed by atoms with Gasteiger partial charge in [-0.05, 0) is 83.3 Å². The molecule has 50 heavy (non-hydrogen) atoms. The minimum absolute atomic E-state index is 0.00440. The number of oxime groups is 1. The van der Waals surface area contributed by atoms with E-state index >= 15 is 0 Å². The van der Waals surface area contributed by atoms with Gasteiger partial charge in [0, 0.05) is 17.3 Å². The zero-order valence-corrected chi connectivity index (χ0v) is 25.7. The van der Waals surface area contributed by atoms with E-state index in [2.05, 4.69) is 10.1 Å². The van der Waals surface area contributed by atoms with Gasteiger partial charge in [-0.2, -0.15) is 39.5 Å². The van der Waals surface area contributed by atoms with Crippen LogP contribution in [0.5, 0.6) is 5.88 Å². The first-order valence-corrected chi connectivity index (χ1v) is 14.6. The molecule has 3 aromatic carbocycles. The molecule has 6 rings (SSSR count). The molecule has 2 aliphatic heterocycles. The number of aromatic nitrogens is 1. The van der Waals surface area contributed by atoms with E-state index in [-0.39, 0.29) is 46.5 Å². The second kappa shape index (κ2) is 12.3. The highest BCUT2D eigenvalue weighted by Crippen LogP contribution is 2.49. The van der Waals surface area contributed by atoms with Crippen LogP contribution in [-0.4, -0.2) is 35.5 Å². The van der Waals surface area contributed by atoms with E-state index in [4.69, 9.17) is 14.3 Å². The van der Waals surface area contributed by atoms with Crippen LogP contribution in [0.3, 0.4) is 0 Å². The van der Waals surface area contributed by atoms with Crippen LogP contribution in [0.4, 0.5) is 39.5 Å². The number of methoxy groups -OCH3 is 1. The van der Waals surface area contributed by atoms with E-state index in [0.717, 1.165) is 18.2 Å². The molecule has 1 fully saturated rings. The third-order valence-electron chi connectivity index (χ3n) is 8.45. The highest BCUT2D eigenvalue weighted by molar-refractivity contribution is 5.96. The Morgan fingerprint density at radius 1 is 0.820 bits per heavy atom. The molecule has 0 radical (unpaired) electrons. The molecule has 0 spiro atoms. The van der Waals surface area contributed by atoms with Crippen molar-refractivity contribution in [3.05, 3.63) is 106 Å². The van der Waals surface area contributed by atoms with Crippen molar-refractivity contribution in [3.63, 3.8) is 0 Å². The third-order valence-corrected chi connectivity index (χ3v) is 8.45. The highest BCUT2D eigenvalue weighted by Gasteiger charge is 2.48. The van der Waals surface area contributed by atoms with Gasteiger partial charge >= 0.3 is 24.5 Å². The summed E-state index contributed by atoms with van der Waals surface area (Å²) >= 11 is 0. The van der Waals surface area contributed by atoms with Crippen molar-refractivity contribution in [1.82, 2.24) is 4.98 Å². The number of carboxylic acids is 1. The quantitative estimate of drug-likeness (QED) is 0.201.